The van der Waals surface area contributed by atoms with Gasteiger partial charge in [-0.05, 0) is 37.3 Å². The van der Waals surface area contributed by atoms with E-state index in [0.29, 0.717) is 0 Å². The molecular weight excluding hydrogens is 156 g/mol. The number of rotatable bonds is 2. The molecule has 1 heterocycles. The summed E-state index contributed by atoms with van der Waals surface area (Å²) in [4.78, 5) is 1.22. The van der Waals surface area contributed by atoms with Gasteiger partial charge in [0.05, 0.1) is 5.60 Å². The van der Waals surface area contributed by atoms with Gasteiger partial charge in [0.25, 0.3) is 0 Å². The molecule has 1 rings (SSSR count). The second kappa shape index (κ2) is 2.95. The second-order valence-electron chi connectivity index (χ2n) is 3.02. The predicted octanol–water partition coefficient (Wildman–Crippen LogP) is 2.67. The van der Waals surface area contributed by atoms with Crippen molar-refractivity contribution in [3.05, 3.63) is 21.9 Å². The molecule has 1 aromatic rings. The Morgan fingerprint density at radius 1 is 1.64 bits per heavy atom. The molecule has 0 radical (unpaired) electrons. The number of hydrogen-bond acceptors (Lipinski definition) is 2. The van der Waals surface area contributed by atoms with Crippen molar-refractivity contribution in [2.75, 3.05) is 0 Å². The first-order valence-corrected chi connectivity index (χ1v) is 4.73. The Balaban J connectivity index is 3.00. The average Bonchev–Trinajstić information content (AvgIpc) is 2.36. The Bertz CT molecular complexity index is 237. The van der Waals surface area contributed by atoms with Gasteiger partial charge in [-0.25, -0.2) is 0 Å². The fourth-order valence-corrected chi connectivity index (χ4v) is 1.96. The minimum absolute atomic E-state index is 0.635. The number of hydrogen-bond donors (Lipinski definition) is 1. The standard InChI is InChI=1S/C9H14OS/c1-4-9(3,10)8-5-6-11-7(8)2/h5-6,10H,4H2,1-3H3. The summed E-state index contributed by atoms with van der Waals surface area (Å²) in [5.41, 5.74) is 0.439. The molecule has 1 atom stereocenters. The van der Waals surface area contributed by atoms with Crippen LogP contribution < -0.4 is 0 Å². The van der Waals surface area contributed by atoms with Gasteiger partial charge in [-0.2, -0.15) is 0 Å². The van der Waals surface area contributed by atoms with E-state index in [1.807, 2.05) is 32.2 Å². The third-order valence-electron chi connectivity index (χ3n) is 2.13. The van der Waals surface area contributed by atoms with Gasteiger partial charge < -0.3 is 5.11 Å². The molecule has 0 saturated heterocycles. The zero-order valence-corrected chi connectivity index (χ0v) is 8.03. The van der Waals surface area contributed by atoms with E-state index in [1.54, 1.807) is 11.3 Å². The zero-order chi connectivity index (χ0) is 8.48. The van der Waals surface area contributed by atoms with Crippen molar-refractivity contribution in [1.29, 1.82) is 0 Å². The van der Waals surface area contributed by atoms with E-state index in [0.717, 1.165) is 12.0 Å². The first-order chi connectivity index (χ1) is 5.08. The fraction of sp³-hybridized carbons (Fsp3) is 0.556. The summed E-state index contributed by atoms with van der Waals surface area (Å²) in [6.45, 7) is 5.91. The Kier molecular flexibility index (Phi) is 2.35. The average molecular weight is 170 g/mol. The molecule has 1 unspecified atom stereocenters. The van der Waals surface area contributed by atoms with E-state index in [9.17, 15) is 5.11 Å². The van der Waals surface area contributed by atoms with Crippen LogP contribution in [0.2, 0.25) is 0 Å². The van der Waals surface area contributed by atoms with Crippen LogP contribution in [0.25, 0.3) is 0 Å². The molecule has 62 valence electrons. The van der Waals surface area contributed by atoms with Crippen LogP contribution in [0.15, 0.2) is 11.4 Å². The van der Waals surface area contributed by atoms with Crippen LogP contribution in [0.5, 0.6) is 0 Å². The molecule has 2 heteroatoms. The summed E-state index contributed by atoms with van der Waals surface area (Å²) in [6, 6.07) is 2.00. The Morgan fingerprint density at radius 2 is 2.27 bits per heavy atom. The molecule has 1 nitrogen and oxygen atoms in total. The normalized spacial score (nSPS) is 16.4. The summed E-state index contributed by atoms with van der Waals surface area (Å²) in [7, 11) is 0. The lowest BCUT2D eigenvalue weighted by molar-refractivity contribution is 0.0530. The lowest BCUT2D eigenvalue weighted by Gasteiger charge is -2.21. The van der Waals surface area contributed by atoms with Gasteiger partial charge in [0.1, 0.15) is 0 Å². The summed E-state index contributed by atoms with van der Waals surface area (Å²) in [5, 5.41) is 11.9. The third kappa shape index (κ3) is 1.63. The lowest BCUT2D eigenvalue weighted by Crippen LogP contribution is -2.19. The molecule has 1 N–H and O–H groups in total. The van der Waals surface area contributed by atoms with Crippen molar-refractivity contribution < 1.29 is 5.11 Å². The van der Waals surface area contributed by atoms with Gasteiger partial charge in [0, 0.05) is 4.88 Å². The van der Waals surface area contributed by atoms with Gasteiger partial charge in [0.2, 0.25) is 0 Å². The minimum Gasteiger partial charge on any atom is -0.385 e. The van der Waals surface area contributed by atoms with Crippen LogP contribution in [0.4, 0.5) is 0 Å². The van der Waals surface area contributed by atoms with Crippen molar-refractivity contribution in [2.45, 2.75) is 32.8 Å². The molecule has 0 aliphatic heterocycles. The molecule has 11 heavy (non-hydrogen) atoms. The minimum atomic E-state index is -0.635. The Labute approximate surface area is 71.7 Å². The van der Waals surface area contributed by atoms with Crippen molar-refractivity contribution in [3.63, 3.8) is 0 Å². The topological polar surface area (TPSA) is 20.2 Å². The van der Waals surface area contributed by atoms with Crippen molar-refractivity contribution in [1.82, 2.24) is 0 Å². The second-order valence-corrected chi connectivity index (χ2v) is 4.14. The van der Waals surface area contributed by atoms with Gasteiger partial charge in [0.15, 0.2) is 0 Å². The van der Waals surface area contributed by atoms with E-state index >= 15 is 0 Å². The summed E-state index contributed by atoms with van der Waals surface area (Å²) in [6.07, 6.45) is 0.768. The van der Waals surface area contributed by atoms with Gasteiger partial charge >= 0.3 is 0 Å². The molecule has 0 aliphatic rings. The Morgan fingerprint density at radius 3 is 2.64 bits per heavy atom. The maximum Gasteiger partial charge on any atom is 0.0876 e. The highest BCUT2D eigenvalue weighted by Gasteiger charge is 2.22. The fourth-order valence-electron chi connectivity index (χ4n) is 1.13. The van der Waals surface area contributed by atoms with E-state index in [2.05, 4.69) is 0 Å². The molecule has 0 aliphatic carbocycles. The van der Waals surface area contributed by atoms with E-state index in [-0.39, 0.29) is 0 Å². The highest BCUT2D eigenvalue weighted by molar-refractivity contribution is 7.10. The maximum atomic E-state index is 9.87. The van der Waals surface area contributed by atoms with E-state index in [4.69, 9.17) is 0 Å². The van der Waals surface area contributed by atoms with E-state index < -0.39 is 5.60 Å². The molecule has 0 amide bonds. The van der Waals surface area contributed by atoms with Gasteiger partial charge in [-0.15, -0.1) is 11.3 Å². The highest BCUT2D eigenvalue weighted by atomic mass is 32.1. The molecule has 0 spiro atoms. The maximum absolute atomic E-state index is 9.87. The number of aliphatic hydroxyl groups is 1. The smallest absolute Gasteiger partial charge is 0.0876 e. The van der Waals surface area contributed by atoms with Crippen LogP contribution in [0.3, 0.4) is 0 Å². The van der Waals surface area contributed by atoms with Gasteiger partial charge in [-0.1, -0.05) is 6.92 Å². The monoisotopic (exact) mass is 170 g/mol. The third-order valence-corrected chi connectivity index (χ3v) is 2.97. The van der Waals surface area contributed by atoms with Crippen molar-refractivity contribution in [3.8, 4) is 0 Å². The SMILES string of the molecule is CCC(C)(O)c1ccsc1C. The van der Waals surface area contributed by atoms with Crippen LogP contribution in [-0.4, -0.2) is 5.11 Å². The van der Waals surface area contributed by atoms with Crippen LogP contribution in [-0.2, 0) is 5.60 Å². The van der Waals surface area contributed by atoms with Crippen molar-refractivity contribution in [2.24, 2.45) is 0 Å². The zero-order valence-electron chi connectivity index (χ0n) is 7.22. The molecule has 0 aromatic carbocycles. The molecule has 0 bridgehead atoms. The molecule has 0 fully saturated rings. The predicted molar refractivity (Wildman–Crippen MR) is 48.9 cm³/mol. The quantitative estimate of drug-likeness (QED) is 0.723. The highest BCUT2D eigenvalue weighted by Crippen LogP contribution is 2.29. The molecule has 1 aromatic heterocycles. The summed E-state index contributed by atoms with van der Waals surface area (Å²) < 4.78 is 0. The lowest BCUT2D eigenvalue weighted by atomic mass is 9.94. The number of thiophene rings is 1. The van der Waals surface area contributed by atoms with Crippen LogP contribution in [0, 0.1) is 6.92 Å². The Hall–Kier alpha value is -0.340. The van der Waals surface area contributed by atoms with Crippen molar-refractivity contribution >= 4 is 11.3 Å². The molecule has 0 saturated carbocycles. The first kappa shape index (κ1) is 8.75. The summed E-state index contributed by atoms with van der Waals surface area (Å²) in [5.74, 6) is 0. The van der Waals surface area contributed by atoms with Crippen LogP contribution in [0.1, 0.15) is 30.7 Å². The van der Waals surface area contributed by atoms with E-state index in [1.165, 1.54) is 4.88 Å². The van der Waals surface area contributed by atoms with Crippen LogP contribution >= 0.6 is 11.3 Å². The summed E-state index contributed by atoms with van der Waals surface area (Å²) >= 11 is 1.69. The molecular formula is C9H14OS. The largest absolute Gasteiger partial charge is 0.385 e. The number of aryl methyl sites for hydroxylation is 1. The first-order valence-electron chi connectivity index (χ1n) is 3.85. The van der Waals surface area contributed by atoms with Gasteiger partial charge in [-0.3, -0.25) is 0 Å².